The number of nitrogens with two attached hydrogens (primary N) is 1. The number of nitrogens with zero attached hydrogens (tertiary/aromatic N) is 1. The molecule has 4 nitrogen and oxygen atoms in total. The second kappa shape index (κ2) is 8.04. The lowest BCUT2D eigenvalue weighted by Crippen LogP contribution is -2.26. The average molecular weight is 360 g/mol. The molecule has 2 N–H and O–H groups in total. The van der Waals surface area contributed by atoms with Gasteiger partial charge in [0, 0.05) is 5.57 Å². The van der Waals surface area contributed by atoms with Crippen LogP contribution >= 0.6 is 0 Å². The minimum absolute atomic E-state index is 0.323. The van der Waals surface area contributed by atoms with Gasteiger partial charge in [-0.05, 0) is 24.5 Å². The Morgan fingerprint density at radius 1 is 1.07 bits per heavy atom. The van der Waals surface area contributed by atoms with Crippen LogP contribution in [0, 0.1) is 0 Å². The van der Waals surface area contributed by atoms with Crippen molar-refractivity contribution >= 4 is 17.9 Å². The molecular weight excluding hydrogens is 336 g/mol. The highest BCUT2D eigenvalue weighted by molar-refractivity contribution is 6.21. The Kier molecular flexibility index (Phi) is 5.55. The molecule has 1 aliphatic heterocycles. The predicted molar refractivity (Wildman–Crippen MR) is 109 cm³/mol. The maximum absolute atomic E-state index is 12.2. The van der Waals surface area contributed by atoms with Gasteiger partial charge < -0.3 is 10.5 Å². The van der Waals surface area contributed by atoms with Crippen LogP contribution < -0.4 is 5.73 Å². The average Bonchev–Trinajstić information content (AvgIpc) is 2.99. The van der Waals surface area contributed by atoms with Crippen LogP contribution in [0.2, 0.25) is 0 Å². The fourth-order valence-electron chi connectivity index (χ4n) is 3.06. The lowest BCUT2D eigenvalue weighted by molar-refractivity contribution is -0.114. The summed E-state index contributed by atoms with van der Waals surface area (Å²) in [6.07, 6.45) is 4.59. The summed E-state index contributed by atoms with van der Waals surface area (Å²) in [5, 5.41) is 0. The van der Waals surface area contributed by atoms with Crippen LogP contribution in [-0.2, 0) is 16.1 Å². The molecule has 0 radical (unpaired) electrons. The molecule has 138 valence electrons. The van der Waals surface area contributed by atoms with Crippen LogP contribution in [0.25, 0.3) is 6.08 Å². The second-order valence-corrected chi connectivity index (χ2v) is 6.69. The molecule has 0 saturated carbocycles. The smallest absolute Gasteiger partial charge is 0.254 e. The van der Waals surface area contributed by atoms with E-state index in [2.05, 4.69) is 4.99 Å². The zero-order valence-corrected chi connectivity index (χ0v) is 15.7. The summed E-state index contributed by atoms with van der Waals surface area (Å²) < 4.78 is 6.12. The van der Waals surface area contributed by atoms with E-state index >= 15 is 0 Å². The molecule has 2 aromatic rings. The largest absolute Gasteiger partial charge is 0.466 e. The van der Waals surface area contributed by atoms with Gasteiger partial charge in [0.15, 0.2) is 0 Å². The molecule has 1 atom stereocenters. The summed E-state index contributed by atoms with van der Waals surface area (Å²) in [4.78, 5) is 16.8. The van der Waals surface area contributed by atoms with Crippen molar-refractivity contribution in [3.8, 4) is 0 Å². The highest BCUT2D eigenvalue weighted by atomic mass is 16.5. The van der Waals surface area contributed by atoms with E-state index in [1.165, 1.54) is 0 Å². The van der Waals surface area contributed by atoms with Crippen LogP contribution in [0.1, 0.15) is 31.4 Å². The molecule has 0 aliphatic carbocycles. The van der Waals surface area contributed by atoms with Crippen molar-refractivity contribution in [2.45, 2.75) is 32.4 Å². The second-order valence-electron chi connectivity index (χ2n) is 6.69. The number of ether oxygens (including phenoxy) is 1. The van der Waals surface area contributed by atoms with Crippen molar-refractivity contribution < 1.29 is 9.53 Å². The first kappa shape index (κ1) is 18.6. The third kappa shape index (κ3) is 4.17. The molecule has 1 aliphatic rings. The Hall–Kier alpha value is -3.14. The molecule has 2 aromatic carbocycles. The van der Waals surface area contributed by atoms with E-state index in [0.717, 1.165) is 16.7 Å². The lowest BCUT2D eigenvalue weighted by Gasteiger charge is -2.24. The van der Waals surface area contributed by atoms with Crippen molar-refractivity contribution in [2.75, 3.05) is 0 Å². The van der Waals surface area contributed by atoms with Gasteiger partial charge in [0.05, 0.1) is 6.54 Å². The predicted octanol–water partition coefficient (Wildman–Crippen LogP) is 4.28. The number of carbonyl (C=O) groups is 1. The molecule has 0 bridgehead atoms. The van der Waals surface area contributed by atoms with E-state index in [1.807, 2.05) is 86.7 Å². The van der Waals surface area contributed by atoms with Gasteiger partial charge in [-0.2, -0.15) is 0 Å². The topological polar surface area (TPSA) is 64.7 Å². The number of carbonyl (C=O) groups excluding carboxylic acids is 1. The van der Waals surface area contributed by atoms with Gasteiger partial charge in [-0.1, -0.05) is 79.7 Å². The van der Waals surface area contributed by atoms with Gasteiger partial charge in [-0.25, -0.2) is 4.99 Å². The van der Waals surface area contributed by atoms with E-state index in [4.69, 9.17) is 10.5 Å². The Morgan fingerprint density at radius 2 is 1.70 bits per heavy atom. The van der Waals surface area contributed by atoms with E-state index in [0.29, 0.717) is 24.4 Å². The molecule has 0 fully saturated rings. The standard InChI is InChI=1S/C23H24N2O2/c1-3-23(2)19(15-14-17-10-6-4-7-11-17)20(21(24)26)22(27-23)25-16-18-12-8-5-9-13-18/h4-15H,3,16H2,1-2H3,(H2,24,26). The van der Waals surface area contributed by atoms with Gasteiger partial charge in [0.1, 0.15) is 11.2 Å². The number of amides is 1. The molecule has 4 heteroatoms. The quantitative estimate of drug-likeness (QED) is 0.836. The van der Waals surface area contributed by atoms with Gasteiger partial charge >= 0.3 is 0 Å². The first-order valence-corrected chi connectivity index (χ1v) is 9.09. The summed E-state index contributed by atoms with van der Waals surface area (Å²) >= 11 is 0. The maximum atomic E-state index is 12.2. The number of hydrogen-bond acceptors (Lipinski definition) is 3. The first-order chi connectivity index (χ1) is 13.0. The Labute approximate surface area is 160 Å². The number of rotatable bonds is 6. The van der Waals surface area contributed by atoms with Crippen LogP contribution in [0.15, 0.2) is 82.9 Å². The zero-order valence-electron chi connectivity index (χ0n) is 15.7. The van der Waals surface area contributed by atoms with E-state index in [1.54, 1.807) is 0 Å². The highest BCUT2D eigenvalue weighted by Gasteiger charge is 2.42. The van der Waals surface area contributed by atoms with Crippen molar-refractivity contribution in [1.82, 2.24) is 0 Å². The number of benzene rings is 2. The minimum atomic E-state index is -0.634. The van der Waals surface area contributed by atoms with E-state index < -0.39 is 11.5 Å². The minimum Gasteiger partial charge on any atom is -0.466 e. The molecule has 1 unspecified atom stereocenters. The maximum Gasteiger partial charge on any atom is 0.254 e. The van der Waals surface area contributed by atoms with Gasteiger partial charge in [0.25, 0.3) is 5.91 Å². The van der Waals surface area contributed by atoms with E-state index in [-0.39, 0.29) is 0 Å². The number of hydrogen-bond donors (Lipinski definition) is 1. The molecule has 3 rings (SSSR count). The lowest BCUT2D eigenvalue weighted by atomic mass is 9.90. The highest BCUT2D eigenvalue weighted by Crippen LogP contribution is 2.37. The van der Waals surface area contributed by atoms with E-state index in [9.17, 15) is 4.79 Å². The fourth-order valence-corrected chi connectivity index (χ4v) is 3.06. The molecule has 1 amide bonds. The SMILES string of the molecule is CCC1(C)OC(=NCc2ccccc2)C(C(N)=O)=C1C=Cc1ccccc1. The normalized spacial score (nSPS) is 21.0. The molecule has 0 saturated heterocycles. The third-order valence-electron chi connectivity index (χ3n) is 4.79. The Morgan fingerprint density at radius 3 is 2.30 bits per heavy atom. The molecular formula is C23H24N2O2. The van der Waals surface area contributed by atoms with Crippen LogP contribution in [0.3, 0.4) is 0 Å². The van der Waals surface area contributed by atoms with Gasteiger partial charge in [-0.15, -0.1) is 0 Å². The van der Waals surface area contributed by atoms with Crippen molar-refractivity contribution in [2.24, 2.45) is 10.7 Å². The van der Waals surface area contributed by atoms with Crippen molar-refractivity contribution in [1.29, 1.82) is 0 Å². The number of primary amides is 1. The van der Waals surface area contributed by atoms with Crippen LogP contribution in [0.5, 0.6) is 0 Å². The van der Waals surface area contributed by atoms with Crippen molar-refractivity contribution in [3.05, 3.63) is 89.0 Å². The summed E-state index contributed by atoms with van der Waals surface area (Å²) in [6.45, 7) is 4.42. The Bertz CT molecular complexity index is 898. The summed E-state index contributed by atoms with van der Waals surface area (Å²) in [5.41, 5.74) is 8.29. The summed E-state index contributed by atoms with van der Waals surface area (Å²) in [7, 11) is 0. The fraction of sp³-hybridized carbons (Fsp3) is 0.217. The van der Waals surface area contributed by atoms with Crippen molar-refractivity contribution in [3.63, 3.8) is 0 Å². The third-order valence-corrected chi connectivity index (χ3v) is 4.79. The zero-order chi connectivity index (χ0) is 19.3. The molecule has 27 heavy (non-hydrogen) atoms. The van der Waals surface area contributed by atoms with Gasteiger partial charge in [0.2, 0.25) is 5.90 Å². The molecule has 0 spiro atoms. The van der Waals surface area contributed by atoms with Gasteiger partial charge in [-0.3, -0.25) is 4.79 Å². The molecule has 1 heterocycles. The Balaban J connectivity index is 1.99. The first-order valence-electron chi connectivity index (χ1n) is 9.09. The summed E-state index contributed by atoms with van der Waals surface area (Å²) in [5.74, 6) is -0.199. The van der Waals surface area contributed by atoms with Crippen LogP contribution in [-0.4, -0.2) is 17.4 Å². The summed E-state index contributed by atoms with van der Waals surface area (Å²) in [6, 6.07) is 19.8. The monoisotopic (exact) mass is 360 g/mol. The number of aliphatic imine (C=N–C) groups is 1. The molecule has 0 aromatic heterocycles. The van der Waals surface area contributed by atoms with Crippen LogP contribution in [0.4, 0.5) is 0 Å².